The van der Waals surface area contributed by atoms with E-state index in [0.717, 1.165) is 22.6 Å². The van der Waals surface area contributed by atoms with Crippen molar-refractivity contribution in [2.75, 3.05) is 5.32 Å². The zero-order valence-corrected chi connectivity index (χ0v) is 15.2. The van der Waals surface area contributed by atoms with Crippen LogP contribution in [0, 0.1) is 0 Å². The van der Waals surface area contributed by atoms with E-state index in [0.29, 0.717) is 5.56 Å². The minimum absolute atomic E-state index is 0.249. The molecule has 1 aromatic heterocycles. The molecular formula is C24H19NO3. The number of ether oxygens (including phenoxy) is 1. The predicted octanol–water partition coefficient (Wildman–Crippen LogP) is 5.78. The van der Waals surface area contributed by atoms with E-state index in [-0.39, 0.29) is 18.3 Å². The number of rotatable bonds is 6. The van der Waals surface area contributed by atoms with E-state index in [1.54, 1.807) is 6.07 Å². The smallest absolute Gasteiger partial charge is 0.291 e. The zero-order valence-electron chi connectivity index (χ0n) is 15.2. The fourth-order valence-corrected chi connectivity index (χ4v) is 2.97. The molecule has 138 valence electrons. The molecule has 1 N–H and O–H groups in total. The number of carbonyl (C=O) groups excluding carboxylic acids is 1. The Balaban J connectivity index is 1.52. The maximum absolute atomic E-state index is 12.8. The molecule has 4 nitrogen and oxygen atoms in total. The number of nitrogens with one attached hydrogen (secondary N) is 1. The first-order valence-electron chi connectivity index (χ1n) is 9.01. The maximum Gasteiger partial charge on any atom is 0.291 e. The van der Waals surface area contributed by atoms with Gasteiger partial charge < -0.3 is 14.5 Å². The third kappa shape index (κ3) is 3.96. The molecule has 1 heterocycles. The molecule has 3 aromatic carbocycles. The Morgan fingerprint density at radius 1 is 0.821 bits per heavy atom. The van der Waals surface area contributed by atoms with Gasteiger partial charge in [-0.15, -0.1) is 0 Å². The summed E-state index contributed by atoms with van der Waals surface area (Å²) in [6, 6.07) is 28.8. The van der Waals surface area contributed by atoms with Crippen molar-refractivity contribution in [1.82, 2.24) is 0 Å². The van der Waals surface area contributed by atoms with Crippen LogP contribution in [0.3, 0.4) is 0 Å². The van der Waals surface area contributed by atoms with Gasteiger partial charge in [0.05, 0.1) is 6.26 Å². The van der Waals surface area contributed by atoms with Gasteiger partial charge in [0.1, 0.15) is 12.4 Å². The Labute approximate surface area is 163 Å². The highest BCUT2D eigenvalue weighted by Crippen LogP contribution is 2.28. The van der Waals surface area contributed by atoms with Crippen molar-refractivity contribution in [3.63, 3.8) is 0 Å². The number of hydrogen-bond donors (Lipinski definition) is 1. The van der Waals surface area contributed by atoms with E-state index in [4.69, 9.17) is 9.15 Å². The average Bonchev–Trinajstić information content (AvgIpc) is 3.23. The van der Waals surface area contributed by atoms with E-state index in [2.05, 4.69) is 5.32 Å². The van der Waals surface area contributed by atoms with Gasteiger partial charge in [-0.3, -0.25) is 4.79 Å². The number of para-hydroxylation sites is 2. The van der Waals surface area contributed by atoms with Gasteiger partial charge in [-0.05, 0) is 29.8 Å². The number of carbonyl (C=O) groups is 1. The third-order valence-corrected chi connectivity index (χ3v) is 4.35. The van der Waals surface area contributed by atoms with Crippen LogP contribution in [0.1, 0.15) is 16.1 Å². The van der Waals surface area contributed by atoms with E-state index in [9.17, 15) is 4.79 Å². The molecule has 0 aliphatic carbocycles. The summed E-state index contributed by atoms with van der Waals surface area (Å²) in [4.78, 5) is 12.8. The molecule has 0 atom stereocenters. The molecule has 0 fully saturated rings. The molecule has 1 amide bonds. The highest BCUT2D eigenvalue weighted by Gasteiger charge is 2.17. The van der Waals surface area contributed by atoms with Crippen LogP contribution in [0.2, 0.25) is 0 Å². The second-order valence-corrected chi connectivity index (χ2v) is 6.24. The Bertz CT molecular complexity index is 1060. The standard InChI is InChI=1S/C24H19NO3/c26-24(23-19(15-16-27-23)17-28-20-11-5-2-6-12-20)25-22-14-8-7-13-21(22)18-9-3-1-4-10-18/h1-16H,17H2,(H,25,26). The summed E-state index contributed by atoms with van der Waals surface area (Å²) >= 11 is 0. The van der Waals surface area contributed by atoms with Gasteiger partial charge in [-0.1, -0.05) is 66.7 Å². The Kier molecular flexibility index (Phi) is 5.20. The summed E-state index contributed by atoms with van der Waals surface area (Å²) in [6.07, 6.45) is 1.50. The van der Waals surface area contributed by atoms with E-state index >= 15 is 0 Å². The maximum atomic E-state index is 12.8. The highest BCUT2D eigenvalue weighted by molar-refractivity contribution is 6.05. The van der Waals surface area contributed by atoms with Crippen LogP contribution in [0.4, 0.5) is 5.69 Å². The van der Waals surface area contributed by atoms with E-state index < -0.39 is 0 Å². The largest absolute Gasteiger partial charge is 0.489 e. The van der Waals surface area contributed by atoms with Gasteiger partial charge in [0, 0.05) is 16.8 Å². The quantitative estimate of drug-likeness (QED) is 0.469. The number of benzene rings is 3. The predicted molar refractivity (Wildman–Crippen MR) is 109 cm³/mol. The topological polar surface area (TPSA) is 51.5 Å². The van der Waals surface area contributed by atoms with E-state index in [1.807, 2.05) is 84.9 Å². The highest BCUT2D eigenvalue weighted by atomic mass is 16.5. The first kappa shape index (κ1) is 17.6. The van der Waals surface area contributed by atoms with Crippen molar-refractivity contribution in [2.45, 2.75) is 6.61 Å². The first-order valence-corrected chi connectivity index (χ1v) is 9.01. The summed E-state index contributed by atoms with van der Waals surface area (Å²) in [5.74, 6) is 0.684. The van der Waals surface area contributed by atoms with Gasteiger partial charge in [-0.2, -0.15) is 0 Å². The van der Waals surface area contributed by atoms with Crippen molar-refractivity contribution in [3.8, 4) is 16.9 Å². The monoisotopic (exact) mass is 369 g/mol. The molecule has 0 aliphatic rings. The van der Waals surface area contributed by atoms with Crippen molar-refractivity contribution in [3.05, 3.63) is 109 Å². The first-order chi connectivity index (χ1) is 13.8. The fourth-order valence-electron chi connectivity index (χ4n) is 2.97. The van der Waals surface area contributed by atoms with Crippen LogP contribution < -0.4 is 10.1 Å². The number of hydrogen-bond acceptors (Lipinski definition) is 3. The molecule has 0 radical (unpaired) electrons. The molecule has 4 heteroatoms. The van der Waals surface area contributed by atoms with E-state index in [1.165, 1.54) is 6.26 Å². The lowest BCUT2D eigenvalue weighted by molar-refractivity contribution is 0.0993. The lowest BCUT2D eigenvalue weighted by atomic mass is 10.0. The summed E-state index contributed by atoms with van der Waals surface area (Å²) < 4.78 is 11.2. The number of anilines is 1. The van der Waals surface area contributed by atoms with Crippen LogP contribution in [-0.2, 0) is 6.61 Å². The summed E-state index contributed by atoms with van der Waals surface area (Å²) in [7, 11) is 0. The van der Waals surface area contributed by atoms with Gasteiger partial charge in [0.25, 0.3) is 5.91 Å². The Morgan fingerprint density at radius 3 is 2.29 bits per heavy atom. The van der Waals surface area contributed by atoms with Crippen LogP contribution in [0.15, 0.2) is 102 Å². The molecule has 4 rings (SSSR count). The van der Waals surface area contributed by atoms with Gasteiger partial charge in [-0.25, -0.2) is 0 Å². The molecule has 0 saturated carbocycles. The molecular weight excluding hydrogens is 350 g/mol. The second kappa shape index (κ2) is 8.27. The molecule has 0 saturated heterocycles. The molecule has 4 aromatic rings. The SMILES string of the molecule is O=C(Nc1ccccc1-c1ccccc1)c1occc1COc1ccccc1. The minimum Gasteiger partial charge on any atom is -0.489 e. The van der Waals surface area contributed by atoms with Crippen molar-refractivity contribution in [1.29, 1.82) is 0 Å². The summed E-state index contributed by atoms with van der Waals surface area (Å²) in [5.41, 5.74) is 3.40. The zero-order chi connectivity index (χ0) is 19.2. The third-order valence-electron chi connectivity index (χ3n) is 4.35. The number of furan rings is 1. The van der Waals surface area contributed by atoms with Crippen molar-refractivity contribution >= 4 is 11.6 Å². The van der Waals surface area contributed by atoms with Crippen LogP contribution in [0.5, 0.6) is 5.75 Å². The molecule has 0 unspecified atom stereocenters. The molecule has 0 spiro atoms. The summed E-state index contributed by atoms with van der Waals surface area (Å²) in [5, 5.41) is 2.96. The normalized spacial score (nSPS) is 10.4. The van der Waals surface area contributed by atoms with Crippen LogP contribution >= 0.6 is 0 Å². The Morgan fingerprint density at radius 2 is 1.50 bits per heavy atom. The van der Waals surface area contributed by atoms with Crippen LogP contribution in [-0.4, -0.2) is 5.91 Å². The second-order valence-electron chi connectivity index (χ2n) is 6.24. The van der Waals surface area contributed by atoms with Gasteiger partial charge in [0.2, 0.25) is 0 Å². The minimum atomic E-state index is -0.306. The van der Waals surface area contributed by atoms with Crippen molar-refractivity contribution in [2.24, 2.45) is 0 Å². The van der Waals surface area contributed by atoms with Gasteiger partial charge >= 0.3 is 0 Å². The summed E-state index contributed by atoms with van der Waals surface area (Å²) in [6.45, 7) is 0.254. The molecule has 0 aliphatic heterocycles. The Hall–Kier alpha value is -3.79. The molecule has 28 heavy (non-hydrogen) atoms. The lowest BCUT2D eigenvalue weighted by Gasteiger charge is -2.11. The van der Waals surface area contributed by atoms with Crippen LogP contribution in [0.25, 0.3) is 11.1 Å². The van der Waals surface area contributed by atoms with Crippen molar-refractivity contribution < 1.29 is 13.9 Å². The molecule has 0 bridgehead atoms. The van der Waals surface area contributed by atoms with Gasteiger partial charge in [0.15, 0.2) is 5.76 Å². The lowest BCUT2D eigenvalue weighted by Crippen LogP contribution is -2.14. The number of amides is 1. The fraction of sp³-hybridized carbons (Fsp3) is 0.0417. The average molecular weight is 369 g/mol.